The number of aromatic nitrogens is 1. The van der Waals surface area contributed by atoms with Crippen LogP contribution in [-0.2, 0) is 11.3 Å². The number of nitrogens with one attached hydrogen (secondary N) is 2. The number of nitriles is 1. The van der Waals surface area contributed by atoms with Crippen LogP contribution >= 0.6 is 12.4 Å². The summed E-state index contributed by atoms with van der Waals surface area (Å²) in [4.78, 5) is 18.0. The van der Waals surface area contributed by atoms with E-state index < -0.39 is 0 Å². The molecule has 0 atom stereocenters. The van der Waals surface area contributed by atoms with Crippen LogP contribution in [0.5, 0.6) is 0 Å². The third kappa shape index (κ3) is 3.89. The van der Waals surface area contributed by atoms with Crippen LogP contribution in [0.4, 0.5) is 0 Å². The molecular weight excluding hydrogens is 302 g/mol. The lowest BCUT2D eigenvalue weighted by atomic mass is 10.0. The minimum absolute atomic E-state index is 0. The fraction of sp³-hybridized carbons (Fsp3) is 0.400. The molecule has 6 nitrogen and oxygen atoms in total. The van der Waals surface area contributed by atoms with Crippen molar-refractivity contribution >= 4 is 18.3 Å². The van der Waals surface area contributed by atoms with Crippen molar-refractivity contribution in [3.8, 4) is 6.07 Å². The van der Waals surface area contributed by atoms with Crippen LogP contribution in [0, 0.1) is 11.3 Å². The van der Waals surface area contributed by atoms with E-state index in [0.717, 1.165) is 5.56 Å². The van der Waals surface area contributed by atoms with E-state index in [2.05, 4.69) is 15.6 Å². The Bertz CT molecular complexity index is 601. The van der Waals surface area contributed by atoms with E-state index in [1.807, 2.05) is 39.0 Å². The van der Waals surface area contributed by atoms with Crippen molar-refractivity contribution < 1.29 is 4.79 Å². The summed E-state index contributed by atoms with van der Waals surface area (Å²) in [6, 6.07) is 5.76. The number of hydrogen-bond donors (Lipinski definition) is 2. The minimum atomic E-state index is -0.332. The Kier molecular flexibility index (Phi) is 5.77. The fourth-order valence-electron chi connectivity index (χ4n) is 2.05. The molecule has 0 bridgehead atoms. The maximum absolute atomic E-state index is 12.4. The number of halogens is 1. The van der Waals surface area contributed by atoms with Crippen molar-refractivity contribution in [1.82, 2.24) is 20.5 Å². The smallest absolute Gasteiger partial charge is 0.270 e. The molecule has 0 saturated carbocycles. The molecule has 0 aliphatic carbocycles. The molecule has 7 heteroatoms. The third-order valence-corrected chi connectivity index (χ3v) is 3.24. The first-order valence-electron chi connectivity index (χ1n) is 6.76. The summed E-state index contributed by atoms with van der Waals surface area (Å²) in [5.41, 5.74) is 0.760. The molecule has 0 radical (unpaired) electrons. The molecule has 0 spiro atoms. The van der Waals surface area contributed by atoms with Gasteiger partial charge in [0.25, 0.3) is 5.91 Å². The Morgan fingerprint density at radius 1 is 1.50 bits per heavy atom. The summed E-state index contributed by atoms with van der Waals surface area (Å²) in [6.45, 7) is 6.70. The first kappa shape index (κ1) is 17.8. The molecule has 22 heavy (non-hydrogen) atoms. The summed E-state index contributed by atoms with van der Waals surface area (Å²) in [7, 11) is 0. The maximum Gasteiger partial charge on any atom is 0.270 e. The largest absolute Gasteiger partial charge is 0.366 e. The molecule has 1 aromatic rings. The van der Waals surface area contributed by atoms with E-state index in [-0.39, 0.29) is 29.4 Å². The van der Waals surface area contributed by atoms with E-state index >= 15 is 0 Å². The molecule has 2 heterocycles. The Morgan fingerprint density at radius 2 is 2.23 bits per heavy atom. The van der Waals surface area contributed by atoms with Gasteiger partial charge < -0.3 is 15.5 Å². The number of nitrogens with zero attached hydrogens (tertiary/aromatic N) is 3. The number of amides is 1. The zero-order valence-electron chi connectivity index (χ0n) is 12.9. The van der Waals surface area contributed by atoms with Gasteiger partial charge in [0.05, 0.1) is 6.67 Å². The summed E-state index contributed by atoms with van der Waals surface area (Å²) in [6.07, 6.45) is 3.44. The van der Waals surface area contributed by atoms with Gasteiger partial charge in [-0.25, -0.2) is 0 Å². The van der Waals surface area contributed by atoms with Gasteiger partial charge in [-0.3, -0.25) is 9.78 Å². The normalized spacial score (nSPS) is 14.8. The topological polar surface area (TPSA) is 81.0 Å². The summed E-state index contributed by atoms with van der Waals surface area (Å²) in [5.74, 6) is 0.226. The van der Waals surface area contributed by atoms with Gasteiger partial charge in [-0.05, 0) is 32.4 Å². The Labute approximate surface area is 136 Å². The lowest BCUT2D eigenvalue weighted by Crippen LogP contribution is -2.55. The summed E-state index contributed by atoms with van der Waals surface area (Å²) >= 11 is 0. The molecule has 1 aromatic heterocycles. The highest BCUT2D eigenvalue weighted by Gasteiger charge is 2.33. The predicted octanol–water partition coefficient (Wildman–Crippen LogP) is 1.52. The zero-order chi connectivity index (χ0) is 15.5. The van der Waals surface area contributed by atoms with Crippen molar-refractivity contribution in [1.29, 1.82) is 5.26 Å². The van der Waals surface area contributed by atoms with Crippen molar-refractivity contribution in [2.24, 2.45) is 0 Å². The van der Waals surface area contributed by atoms with Crippen molar-refractivity contribution in [3.05, 3.63) is 41.5 Å². The molecule has 1 aliphatic heterocycles. The standard InChI is InChI=1S/C15H19N5O.ClH/c1-15(2,3)20-10-19-13(12(7-16)14(20)21)18-9-11-5-4-6-17-8-11;/h4-6,8,18-19H,9-10H2,1-3H3;1H. The van der Waals surface area contributed by atoms with E-state index in [4.69, 9.17) is 0 Å². The molecule has 2 N–H and O–H groups in total. The van der Waals surface area contributed by atoms with Gasteiger partial charge in [0.15, 0.2) is 5.57 Å². The van der Waals surface area contributed by atoms with Gasteiger partial charge >= 0.3 is 0 Å². The van der Waals surface area contributed by atoms with Crippen LogP contribution in [0.25, 0.3) is 0 Å². The maximum atomic E-state index is 12.4. The Hall–Kier alpha value is -2.26. The van der Waals surface area contributed by atoms with Crippen LogP contribution in [0.3, 0.4) is 0 Å². The average Bonchev–Trinajstić information content (AvgIpc) is 2.45. The Balaban J connectivity index is 0.00000242. The number of rotatable bonds is 3. The molecular formula is C15H20ClN5O. The van der Waals surface area contributed by atoms with E-state index in [0.29, 0.717) is 19.0 Å². The first-order chi connectivity index (χ1) is 9.93. The minimum Gasteiger partial charge on any atom is -0.366 e. The molecule has 0 saturated heterocycles. The lowest BCUT2D eigenvalue weighted by Gasteiger charge is -2.39. The molecule has 1 aliphatic rings. The van der Waals surface area contributed by atoms with Gasteiger partial charge in [-0.15, -0.1) is 12.4 Å². The zero-order valence-corrected chi connectivity index (χ0v) is 13.7. The molecule has 118 valence electrons. The Morgan fingerprint density at radius 3 is 2.77 bits per heavy atom. The number of carbonyl (C=O) groups is 1. The highest BCUT2D eigenvalue weighted by molar-refractivity contribution is 5.99. The van der Waals surface area contributed by atoms with Crippen LogP contribution in [0.2, 0.25) is 0 Å². The van der Waals surface area contributed by atoms with E-state index in [9.17, 15) is 10.1 Å². The van der Waals surface area contributed by atoms with Gasteiger partial charge in [0.1, 0.15) is 11.9 Å². The van der Waals surface area contributed by atoms with Crippen molar-refractivity contribution in [2.75, 3.05) is 6.67 Å². The van der Waals surface area contributed by atoms with Crippen molar-refractivity contribution in [2.45, 2.75) is 32.9 Å². The second-order valence-corrected chi connectivity index (χ2v) is 5.82. The number of pyridine rings is 1. The fourth-order valence-corrected chi connectivity index (χ4v) is 2.05. The van der Waals surface area contributed by atoms with Crippen LogP contribution in [0.1, 0.15) is 26.3 Å². The van der Waals surface area contributed by atoms with Gasteiger partial charge in [-0.2, -0.15) is 5.26 Å². The van der Waals surface area contributed by atoms with E-state index in [1.54, 1.807) is 17.3 Å². The molecule has 0 fully saturated rings. The van der Waals surface area contributed by atoms with E-state index in [1.165, 1.54) is 0 Å². The third-order valence-electron chi connectivity index (χ3n) is 3.24. The SMILES string of the molecule is CC(C)(C)N1CNC(NCc2cccnc2)=C(C#N)C1=O.Cl. The molecule has 1 amide bonds. The number of carbonyl (C=O) groups excluding carboxylic acids is 1. The quantitative estimate of drug-likeness (QED) is 0.882. The monoisotopic (exact) mass is 321 g/mol. The highest BCUT2D eigenvalue weighted by Crippen LogP contribution is 2.19. The highest BCUT2D eigenvalue weighted by atomic mass is 35.5. The number of hydrogen-bond acceptors (Lipinski definition) is 5. The molecule has 2 rings (SSSR count). The van der Waals surface area contributed by atoms with Crippen LogP contribution in [-0.4, -0.2) is 28.0 Å². The van der Waals surface area contributed by atoms with Gasteiger partial charge in [0, 0.05) is 24.5 Å². The summed E-state index contributed by atoms with van der Waals surface area (Å²) in [5, 5.41) is 15.5. The molecule has 0 aromatic carbocycles. The average molecular weight is 322 g/mol. The van der Waals surface area contributed by atoms with Gasteiger partial charge in [0.2, 0.25) is 0 Å². The lowest BCUT2D eigenvalue weighted by molar-refractivity contribution is -0.132. The first-order valence-corrected chi connectivity index (χ1v) is 6.76. The second kappa shape index (κ2) is 7.14. The van der Waals surface area contributed by atoms with Crippen LogP contribution < -0.4 is 10.6 Å². The molecule has 0 unspecified atom stereocenters. The summed E-state index contributed by atoms with van der Waals surface area (Å²) < 4.78 is 0. The van der Waals surface area contributed by atoms with Gasteiger partial charge in [-0.1, -0.05) is 6.07 Å². The predicted molar refractivity (Wildman–Crippen MR) is 85.6 cm³/mol. The van der Waals surface area contributed by atoms with Crippen molar-refractivity contribution in [3.63, 3.8) is 0 Å². The van der Waals surface area contributed by atoms with Crippen LogP contribution in [0.15, 0.2) is 35.9 Å². The second-order valence-electron chi connectivity index (χ2n) is 5.82.